The van der Waals surface area contributed by atoms with E-state index in [0.717, 1.165) is 16.9 Å². The van der Waals surface area contributed by atoms with Crippen LogP contribution in [0.5, 0.6) is 0 Å². The molecule has 0 saturated carbocycles. The first-order valence-electron chi connectivity index (χ1n) is 6.32. The fourth-order valence-electron chi connectivity index (χ4n) is 1.94. The van der Waals surface area contributed by atoms with Crippen molar-refractivity contribution in [3.8, 4) is 0 Å². The monoisotopic (exact) mass is 327 g/mol. The minimum Gasteiger partial charge on any atom is -0.343 e. The third-order valence-corrected chi connectivity index (χ3v) is 3.96. The van der Waals surface area contributed by atoms with Crippen molar-refractivity contribution >= 4 is 28.8 Å². The van der Waals surface area contributed by atoms with Gasteiger partial charge in [-0.3, -0.25) is 4.79 Å². The second kappa shape index (κ2) is 6.07. The lowest BCUT2D eigenvalue weighted by Gasteiger charge is -2.31. The molecular formula is C14H15ClFN3OS. The predicted molar refractivity (Wildman–Crippen MR) is 81.0 cm³/mol. The van der Waals surface area contributed by atoms with Crippen LogP contribution in [0.3, 0.4) is 0 Å². The molecule has 1 aromatic carbocycles. The molecule has 1 aromatic heterocycles. The first kappa shape index (κ1) is 15.9. The minimum absolute atomic E-state index is 0.205. The summed E-state index contributed by atoms with van der Waals surface area (Å²) >= 11 is 6.71. The third-order valence-electron chi connectivity index (χ3n) is 2.94. The highest BCUT2D eigenvalue weighted by molar-refractivity contribution is 7.17. The summed E-state index contributed by atoms with van der Waals surface area (Å²) in [7, 11) is 0. The molecule has 1 unspecified atom stereocenters. The highest BCUT2D eigenvalue weighted by Gasteiger charge is 2.29. The maximum atomic E-state index is 13.1. The predicted octanol–water partition coefficient (Wildman–Crippen LogP) is 3.85. The van der Waals surface area contributed by atoms with E-state index in [2.05, 4.69) is 15.5 Å². The molecule has 2 rings (SSSR count). The fraction of sp³-hybridized carbons (Fsp3) is 0.357. The number of benzene rings is 1. The largest absolute Gasteiger partial charge is 0.343 e. The molecule has 0 spiro atoms. The number of carbonyl (C=O) groups excluding carboxylic acids is 1. The maximum absolute atomic E-state index is 13.1. The number of hydrogen-bond donors (Lipinski definition) is 1. The van der Waals surface area contributed by atoms with Crippen LogP contribution in [0.1, 0.15) is 42.2 Å². The van der Waals surface area contributed by atoms with Gasteiger partial charge in [-0.25, -0.2) is 4.39 Å². The SMILES string of the molecule is CC(C)(C)C(NC(=O)c1nnc(Cl)s1)c1ccc(F)cc1. The molecule has 0 fully saturated rings. The van der Waals surface area contributed by atoms with E-state index in [1.165, 1.54) is 12.1 Å². The van der Waals surface area contributed by atoms with Gasteiger partial charge in [0.05, 0.1) is 6.04 Å². The van der Waals surface area contributed by atoms with Gasteiger partial charge in [0, 0.05) is 0 Å². The molecule has 21 heavy (non-hydrogen) atoms. The molecule has 1 atom stereocenters. The molecule has 1 amide bonds. The van der Waals surface area contributed by atoms with Gasteiger partial charge < -0.3 is 5.32 Å². The van der Waals surface area contributed by atoms with Crippen molar-refractivity contribution in [1.82, 2.24) is 15.5 Å². The summed E-state index contributed by atoms with van der Waals surface area (Å²) in [5, 5.41) is 10.5. The number of amides is 1. The Morgan fingerprint density at radius 1 is 1.29 bits per heavy atom. The van der Waals surface area contributed by atoms with Crippen LogP contribution in [-0.4, -0.2) is 16.1 Å². The summed E-state index contributed by atoms with van der Waals surface area (Å²) in [6, 6.07) is 5.80. The van der Waals surface area contributed by atoms with Crippen LogP contribution in [0.2, 0.25) is 4.47 Å². The summed E-state index contributed by atoms with van der Waals surface area (Å²) in [6.07, 6.45) is 0. The third kappa shape index (κ3) is 3.98. The molecular weight excluding hydrogens is 313 g/mol. The van der Waals surface area contributed by atoms with Gasteiger partial charge >= 0.3 is 0 Å². The highest BCUT2D eigenvalue weighted by Crippen LogP contribution is 2.33. The number of aromatic nitrogens is 2. The van der Waals surface area contributed by atoms with Crippen LogP contribution < -0.4 is 5.32 Å². The molecule has 0 radical (unpaired) electrons. The lowest BCUT2D eigenvalue weighted by Crippen LogP contribution is -2.36. The second-order valence-corrected chi connectivity index (χ2v) is 7.24. The first-order chi connectivity index (χ1) is 9.77. The van der Waals surface area contributed by atoms with E-state index >= 15 is 0 Å². The molecule has 2 aromatic rings. The summed E-state index contributed by atoms with van der Waals surface area (Å²) < 4.78 is 13.3. The van der Waals surface area contributed by atoms with Crippen molar-refractivity contribution in [2.75, 3.05) is 0 Å². The molecule has 1 N–H and O–H groups in total. The number of nitrogens with one attached hydrogen (secondary N) is 1. The topological polar surface area (TPSA) is 54.9 Å². The van der Waals surface area contributed by atoms with Gasteiger partial charge in [0.25, 0.3) is 5.91 Å². The maximum Gasteiger partial charge on any atom is 0.282 e. The van der Waals surface area contributed by atoms with E-state index in [1.807, 2.05) is 20.8 Å². The van der Waals surface area contributed by atoms with E-state index in [9.17, 15) is 9.18 Å². The van der Waals surface area contributed by atoms with Gasteiger partial charge in [0.1, 0.15) is 5.82 Å². The molecule has 0 bridgehead atoms. The van der Waals surface area contributed by atoms with Gasteiger partial charge in [0.2, 0.25) is 9.47 Å². The zero-order valence-electron chi connectivity index (χ0n) is 11.9. The van der Waals surface area contributed by atoms with Gasteiger partial charge in [-0.15, -0.1) is 10.2 Å². The Bertz CT molecular complexity index is 636. The van der Waals surface area contributed by atoms with Crippen molar-refractivity contribution in [3.05, 3.63) is 45.1 Å². The molecule has 4 nitrogen and oxygen atoms in total. The lowest BCUT2D eigenvalue weighted by molar-refractivity contribution is 0.0900. The van der Waals surface area contributed by atoms with Crippen molar-refractivity contribution in [2.45, 2.75) is 26.8 Å². The van der Waals surface area contributed by atoms with Crippen LogP contribution in [0.15, 0.2) is 24.3 Å². The van der Waals surface area contributed by atoms with Crippen LogP contribution in [0.4, 0.5) is 4.39 Å². The van der Waals surface area contributed by atoms with E-state index in [0.29, 0.717) is 0 Å². The zero-order chi connectivity index (χ0) is 15.6. The Kier molecular flexibility index (Phi) is 4.58. The normalized spacial score (nSPS) is 13.0. The second-order valence-electron chi connectivity index (χ2n) is 5.68. The van der Waals surface area contributed by atoms with E-state index in [-0.39, 0.29) is 32.7 Å². The standard InChI is InChI=1S/C14H15ClFN3OS/c1-14(2,3)10(8-4-6-9(16)7-5-8)17-11(20)12-18-19-13(15)21-12/h4-7,10H,1-3H3,(H,17,20). The Hall–Kier alpha value is -1.53. The number of carbonyl (C=O) groups is 1. The average molecular weight is 328 g/mol. The van der Waals surface area contributed by atoms with Gasteiger partial charge in [-0.2, -0.15) is 0 Å². The van der Waals surface area contributed by atoms with E-state index in [4.69, 9.17) is 11.6 Å². The molecule has 112 valence electrons. The van der Waals surface area contributed by atoms with Crippen molar-refractivity contribution < 1.29 is 9.18 Å². The average Bonchev–Trinajstić information content (AvgIpc) is 2.82. The smallest absolute Gasteiger partial charge is 0.282 e. The minimum atomic E-state index is -0.344. The number of nitrogens with zero attached hydrogens (tertiary/aromatic N) is 2. The highest BCUT2D eigenvalue weighted by atomic mass is 35.5. The molecule has 0 saturated heterocycles. The van der Waals surface area contributed by atoms with Crippen LogP contribution in [0.25, 0.3) is 0 Å². The van der Waals surface area contributed by atoms with Crippen molar-refractivity contribution in [3.63, 3.8) is 0 Å². The summed E-state index contributed by atoms with van der Waals surface area (Å²) in [5.41, 5.74) is 0.579. The number of halogens is 2. The zero-order valence-corrected chi connectivity index (χ0v) is 13.4. The lowest BCUT2D eigenvalue weighted by atomic mass is 9.82. The van der Waals surface area contributed by atoms with Crippen molar-refractivity contribution in [1.29, 1.82) is 0 Å². The van der Waals surface area contributed by atoms with Crippen LogP contribution in [-0.2, 0) is 0 Å². The van der Waals surface area contributed by atoms with E-state index < -0.39 is 0 Å². The molecule has 7 heteroatoms. The summed E-state index contributed by atoms with van der Waals surface area (Å²) in [6.45, 7) is 5.98. The van der Waals surface area contributed by atoms with Crippen LogP contribution in [0, 0.1) is 11.2 Å². The number of hydrogen-bond acceptors (Lipinski definition) is 4. The Morgan fingerprint density at radius 2 is 1.90 bits per heavy atom. The Morgan fingerprint density at radius 3 is 2.38 bits per heavy atom. The number of rotatable bonds is 3. The van der Waals surface area contributed by atoms with Gasteiger partial charge in [0.15, 0.2) is 0 Å². The van der Waals surface area contributed by atoms with Gasteiger partial charge in [-0.1, -0.05) is 44.2 Å². The summed E-state index contributed by atoms with van der Waals surface area (Å²) in [5.74, 6) is -0.655. The Labute approximate surface area is 131 Å². The summed E-state index contributed by atoms with van der Waals surface area (Å²) in [4.78, 5) is 12.2. The molecule has 0 aliphatic rings. The first-order valence-corrected chi connectivity index (χ1v) is 7.52. The fourth-order valence-corrected chi connectivity index (χ4v) is 2.68. The Balaban J connectivity index is 2.25. The molecule has 0 aliphatic heterocycles. The van der Waals surface area contributed by atoms with Crippen LogP contribution >= 0.6 is 22.9 Å². The van der Waals surface area contributed by atoms with Crippen molar-refractivity contribution in [2.24, 2.45) is 5.41 Å². The van der Waals surface area contributed by atoms with Gasteiger partial charge in [-0.05, 0) is 34.7 Å². The molecule has 0 aliphatic carbocycles. The van der Waals surface area contributed by atoms with E-state index in [1.54, 1.807) is 12.1 Å². The molecule has 1 heterocycles. The quantitative estimate of drug-likeness (QED) is 0.931.